The third-order valence-electron chi connectivity index (χ3n) is 4.40. The Labute approximate surface area is 181 Å². The van der Waals surface area contributed by atoms with Crippen LogP contribution in [-0.2, 0) is 6.54 Å². The molecule has 0 aliphatic heterocycles. The van der Waals surface area contributed by atoms with Gasteiger partial charge in [0.25, 0.3) is 0 Å². The molecule has 0 aliphatic rings. The van der Waals surface area contributed by atoms with Crippen LogP contribution in [0.3, 0.4) is 0 Å². The van der Waals surface area contributed by atoms with Crippen LogP contribution < -0.4 is 15.4 Å². The van der Waals surface area contributed by atoms with Crippen molar-refractivity contribution in [2.45, 2.75) is 40.3 Å². The van der Waals surface area contributed by atoms with E-state index < -0.39 is 5.95 Å². The lowest BCUT2D eigenvalue weighted by Gasteiger charge is -2.21. The fourth-order valence-electron chi connectivity index (χ4n) is 3.13. The van der Waals surface area contributed by atoms with Gasteiger partial charge >= 0.3 is 0 Å². The highest BCUT2D eigenvalue weighted by Crippen LogP contribution is 2.35. The number of hydrogen-bond acceptors (Lipinski definition) is 7. The summed E-state index contributed by atoms with van der Waals surface area (Å²) in [6.45, 7) is 8.46. The van der Waals surface area contributed by atoms with Gasteiger partial charge in [-0.15, -0.1) is 0 Å². The quantitative estimate of drug-likeness (QED) is 0.335. The third-order valence-corrected chi connectivity index (χ3v) is 4.40. The number of rotatable bonds is 9. The summed E-state index contributed by atoms with van der Waals surface area (Å²) < 4.78 is 19.2. The highest BCUT2D eigenvalue weighted by atomic mass is 19.1. The van der Waals surface area contributed by atoms with E-state index in [1.807, 2.05) is 32.9 Å². The van der Waals surface area contributed by atoms with E-state index in [1.54, 1.807) is 31.5 Å². The summed E-state index contributed by atoms with van der Waals surface area (Å²) in [7, 11) is 0. The van der Waals surface area contributed by atoms with Crippen molar-refractivity contribution in [2.24, 2.45) is 0 Å². The van der Waals surface area contributed by atoms with Gasteiger partial charge in [-0.3, -0.25) is 4.98 Å². The standard InChI is InChI=1S/C23H27FN6O/c1-5-31-20-13-26-10-9-17(20)18-11-19(27-12-16-7-6-8-21(24)29-16)23(28-14(2)3)22(30-18)15(4)25/h6-11,13-14,25,28H,5,12H2,1-4H3,(H,27,30). The minimum Gasteiger partial charge on any atom is -0.492 e. The molecular weight excluding hydrogens is 395 g/mol. The number of pyridine rings is 3. The molecule has 0 amide bonds. The first-order valence-corrected chi connectivity index (χ1v) is 10.2. The van der Waals surface area contributed by atoms with Crippen LogP contribution >= 0.6 is 0 Å². The van der Waals surface area contributed by atoms with Crippen molar-refractivity contribution in [1.82, 2.24) is 15.0 Å². The molecular formula is C23H27FN6O. The number of halogens is 1. The molecule has 0 bridgehead atoms. The lowest BCUT2D eigenvalue weighted by molar-refractivity contribution is 0.340. The Balaban J connectivity index is 2.10. The van der Waals surface area contributed by atoms with Crippen LogP contribution in [0.25, 0.3) is 11.3 Å². The average Bonchev–Trinajstić information content (AvgIpc) is 2.73. The zero-order chi connectivity index (χ0) is 22.4. The number of ether oxygens (including phenoxy) is 1. The topological polar surface area (TPSA) is 95.8 Å². The largest absolute Gasteiger partial charge is 0.492 e. The molecule has 0 aromatic carbocycles. The van der Waals surface area contributed by atoms with Gasteiger partial charge < -0.3 is 20.8 Å². The van der Waals surface area contributed by atoms with Crippen LogP contribution in [0.5, 0.6) is 5.75 Å². The van der Waals surface area contributed by atoms with Gasteiger partial charge in [0, 0.05) is 17.8 Å². The van der Waals surface area contributed by atoms with Gasteiger partial charge in [0.1, 0.15) is 11.4 Å². The third kappa shape index (κ3) is 5.53. The van der Waals surface area contributed by atoms with Crippen LogP contribution in [0.4, 0.5) is 15.8 Å². The molecule has 3 aromatic rings. The van der Waals surface area contributed by atoms with Crippen molar-refractivity contribution in [3.05, 3.63) is 60.1 Å². The second-order valence-corrected chi connectivity index (χ2v) is 7.31. The minimum absolute atomic E-state index is 0.124. The van der Waals surface area contributed by atoms with E-state index in [2.05, 4.69) is 20.6 Å². The van der Waals surface area contributed by atoms with E-state index in [0.717, 1.165) is 16.9 Å². The van der Waals surface area contributed by atoms with E-state index in [1.165, 1.54) is 6.07 Å². The zero-order valence-electron chi connectivity index (χ0n) is 18.2. The lowest BCUT2D eigenvalue weighted by atomic mass is 10.1. The van der Waals surface area contributed by atoms with Gasteiger partial charge in [-0.1, -0.05) is 6.07 Å². The fourth-order valence-corrected chi connectivity index (χ4v) is 3.13. The number of nitrogens with one attached hydrogen (secondary N) is 3. The number of anilines is 2. The van der Waals surface area contributed by atoms with Crippen LogP contribution in [0, 0.1) is 11.4 Å². The molecule has 3 N–H and O–H groups in total. The maximum absolute atomic E-state index is 13.5. The summed E-state index contributed by atoms with van der Waals surface area (Å²) in [4.78, 5) is 12.8. The molecule has 3 heterocycles. The molecule has 0 spiro atoms. The van der Waals surface area contributed by atoms with E-state index in [0.29, 0.717) is 41.7 Å². The van der Waals surface area contributed by atoms with Crippen LogP contribution in [-0.4, -0.2) is 33.3 Å². The molecule has 3 rings (SSSR count). The molecule has 0 fully saturated rings. The fraction of sp³-hybridized carbons (Fsp3) is 0.304. The van der Waals surface area contributed by atoms with Crippen molar-refractivity contribution in [2.75, 3.05) is 17.2 Å². The van der Waals surface area contributed by atoms with Gasteiger partial charge in [-0.05, 0) is 52.0 Å². The monoisotopic (exact) mass is 422 g/mol. The Kier molecular flexibility index (Phi) is 7.12. The van der Waals surface area contributed by atoms with E-state index >= 15 is 0 Å². The van der Waals surface area contributed by atoms with Crippen molar-refractivity contribution in [3.63, 3.8) is 0 Å². The van der Waals surface area contributed by atoms with E-state index in [9.17, 15) is 4.39 Å². The first-order chi connectivity index (χ1) is 14.9. The Hall–Kier alpha value is -3.55. The number of nitrogens with zero attached hydrogens (tertiary/aromatic N) is 3. The van der Waals surface area contributed by atoms with Gasteiger partial charge in [-0.25, -0.2) is 9.97 Å². The second kappa shape index (κ2) is 9.97. The predicted molar refractivity (Wildman–Crippen MR) is 121 cm³/mol. The number of hydrogen-bond donors (Lipinski definition) is 3. The SMILES string of the molecule is CCOc1cnccc1-c1cc(NCc2cccc(F)n2)c(NC(C)C)c(C(C)=N)n1. The lowest BCUT2D eigenvalue weighted by Crippen LogP contribution is -2.17. The first kappa shape index (κ1) is 22.1. The smallest absolute Gasteiger partial charge is 0.213 e. The summed E-state index contributed by atoms with van der Waals surface area (Å²) in [6, 6.07) is 8.56. The normalized spacial score (nSPS) is 10.8. The zero-order valence-corrected chi connectivity index (χ0v) is 18.2. The van der Waals surface area contributed by atoms with E-state index in [-0.39, 0.29) is 6.04 Å². The van der Waals surface area contributed by atoms with Crippen LogP contribution in [0.2, 0.25) is 0 Å². The minimum atomic E-state index is -0.524. The molecule has 0 unspecified atom stereocenters. The van der Waals surface area contributed by atoms with E-state index in [4.69, 9.17) is 15.1 Å². The Morgan fingerprint density at radius 1 is 1.23 bits per heavy atom. The Morgan fingerprint density at radius 2 is 2.03 bits per heavy atom. The van der Waals surface area contributed by atoms with Crippen molar-refractivity contribution in [3.8, 4) is 17.0 Å². The molecule has 0 saturated heterocycles. The van der Waals surface area contributed by atoms with Gasteiger partial charge in [0.2, 0.25) is 5.95 Å². The molecule has 0 radical (unpaired) electrons. The highest BCUT2D eigenvalue weighted by molar-refractivity contribution is 6.03. The molecule has 3 aromatic heterocycles. The van der Waals surface area contributed by atoms with Gasteiger partial charge in [0.05, 0.1) is 47.8 Å². The Bertz CT molecular complexity index is 1070. The molecule has 7 nitrogen and oxygen atoms in total. The van der Waals surface area contributed by atoms with Gasteiger partial charge in [-0.2, -0.15) is 4.39 Å². The molecule has 8 heteroatoms. The summed E-state index contributed by atoms with van der Waals surface area (Å²) in [5.74, 6) is 0.0952. The summed E-state index contributed by atoms with van der Waals surface area (Å²) in [5.41, 5.74) is 4.31. The van der Waals surface area contributed by atoms with Crippen molar-refractivity contribution in [1.29, 1.82) is 5.41 Å². The Morgan fingerprint density at radius 3 is 2.71 bits per heavy atom. The summed E-state index contributed by atoms with van der Waals surface area (Å²) >= 11 is 0. The van der Waals surface area contributed by atoms with Crippen LogP contribution in [0.15, 0.2) is 42.7 Å². The highest BCUT2D eigenvalue weighted by Gasteiger charge is 2.18. The van der Waals surface area contributed by atoms with Crippen molar-refractivity contribution < 1.29 is 9.13 Å². The maximum Gasteiger partial charge on any atom is 0.213 e. The molecule has 0 aliphatic carbocycles. The number of aromatic nitrogens is 3. The van der Waals surface area contributed by atoms with Gasteiger partial charge in [0.15, 0.2) is 0 Å². The predicted octanol–water partition coefficient (Wildman–Crippen LogP) is 4.90. The summed E-state index contributed by atoms with van der Waals surface area (Å²) in [5, 5.41) is 15.0. The average molecular weight is 423 g/mol. The second-order valence-electron chi connectivity index (χ2n) is 7.31. The van der Waals surface area contributed by atoms with Crippen molar-refractivity contribution >= 4 is 17.1 Å². The molecule has 162 valence electrons. The molecule has 0 saturated carbocycles. The van der Waals surface area contributed by atoms with Crippen LogP contribution in [0.1, 0.15) is 39.1 Å². The molecule has 31 heavy (non-hydrogen) atoms. The molecule has 0 atom stereocenters. The summed E-state index contributed by atoms with van der Waals surface area (Å²) in [6.07, 6.45) is 3.34. The maximum atomic E-state index is 13.5. The first-order valence-electron chi connectivity index (χ1n) is 10.2.